The van der Waals surface area contributed by atoms with Gasteiger partial charge >= 0.3 is 5.97 Å². The second kappa shape index (κ2) is 8.10. The fraction of sp³-hybridized carbons (Fsp3) is 0.182. The van der Waals surface area contributed by atoms with Crippen molar-refractivity contribution in [2.75, 3.05) is 30.4 Å². The fourth-order valence-electron chi connectivity index (χ4n) is 3.17. The van der Waals surface area contributed by atoms with E-state index in [1.165, 1.54) is 7.11 Å². The number of carbonyl (C=O) groups excluding carboxylic acids is 2. The Labute approximate surface area is 168 Å². The number of methoxy groups -OCH3 is 1. The molecule has 0 saturated carbocycles. The molecule has 7 nitrogen and oxygen atoms in total. The minimum atomic E-state index is -0.405. The van der Waals surface area contributed by atoms with E-state index in [0.29, 0.717) is 24.3 Å². The zero-order valence-electron chi connectivity index (χ0n) is 15.9. The van der Waals surface area contributed by atoms with Crippen LogP contribution in [0.5, 0.6) is 0 Å². The largest absolute Gasteiger partial charge is 0.465 e. The quantitative estimate of drug-likeness (QED) is 0.677. The monoisotopic (exact) mass is 388 g/mol. The second-order valence-electron chi connectivity index (χ2n) is 6.79. The standard InChI is InChI=1S/C22H20N4O3/c1-29-22(28)16-7-9-18(10-8-16)25-21(27)17-12-26(13-17)20-11-19(23-14-24-20)15-5-3-2-4-6-15/h2-11,14,17H,12-13H2,1H3,(H,25,27). The highest BCUT2D eigenvalue weighted by atomic mass is 16.5. The average molecular weight is 388 g/mol. The maximum atomic E-state index is 12.5. The summed E-state index contributed by atoms with van der Waals surface area (Å²) in [6.07, 6.45) is 1.55. The van der Waals surface area contributed by atoms with E-state index in [9.17, 15) is 9.59 Å². The number of aromatic nitrogens is 2. The van der Waals surface area contributed by atoms with Gasteiger partial charge in [0.15, 0.2) is 0 Å². The number of esters is 1. The van der Waals surface area contributed by atoms with Gasteiger partial charge in [0.05, 0.1) is 24.3 Å². The molecular weight excluding hydrogens is 368 g/mol. The van der Waals surface area contributed by atoms with Gasteiger partial charge in [-0.1, -0.05) is 30.3 Å². The van der Waals surface area contributed by atoms with Crippen LogP contribution in [0.15, 0.2) is 67.0 Å². The smallest absolute Gasteiger partial charge is 0.337 e. The number of hydrogen-bond acceptors (Lipinski definition) is 6. The Kier molecular flexibility index (Phi) is 5.20. The number of anilines is 2. The molecule has 0 spiro atoms. The molecule has 4 rings (SSSR count). The summed E-state index contributed by atoms with van der Waals surface area (Å²) >= 11 is 0. The van der Waals surface area contributed by atoms with E-state index >= 15 is 0 Å². The van der Waals surface area contributed by atoms with Gasteiger partial charge in [0.25, 0.3) is 0 Å². The van der Waals surface area contributed by atoms with Crippen molar-refractivity contribution in [3.8, 4) is 11.3 Å². The van der Waals surface area contributed by atoms with Crippen LogP contribution in [0.4, 0.5) is 11.5 Å². The van der Waals surface area contributed by atoms with Gasteiger partial charge in [0.1, 0.15) is 12.1 Å². The molecule has 0 unspecified atom stereocenters. The number of ether oxygens (including phenoxy) is 1. The van der Waals surface area contributed by atoms with Crippen LogP contribution in [0.2, 0.25) is 0 Å². The summed E-state index contributed by atoms with van der Waals surface area (Å²) in [5.74, 6) is 0.234. The summed E-state index contributed by atoms with van der Waals surface area (Å²) in [7, 11) is 1.33. The van der Waals surface area contributed by atoms with E-state index < -0.39 is 5.97 Å². The fourth-order valence-corrected chi connectivity index (χ4v) is 3.17. The summed E-state index contributed by atoms with van der Waals surface area (Å²) in [6, 6.07) is 18.5. The molecule has 29 heavy (non-hydrogen) atoms. The lowest BCUT2D eigenvalue weighted by Crippen LogP contribution is -2.52. The van der Waals surface area contributed by atoms with E-state index in [-0.39, 0.29) is 11.8 Å². The van der Waals surface area contributed by atoms with Gasteiger partial charge in [-0.2, -0.15) is 0 Å². The van der Waals surface area contributed by atoms with Crippen molar-refractivity contribution >= 4 is 23.4 Å². The molecule has 1 aliphatic rings. The average Bonchev–Trinajstić information content (AvgIpc) is 2.73. The van der Waals surface area contributed by atoms with E-state index in [1.54, 1.807) is 30.6 Å². The van der Waals surface area contributed by atoms with Crippen LogP contribution in [0.1, 0.15) is 10.4 Å². The normalized spacial score (nSPS) is 13.5. The molecule has 1 aliphatic heterocycles. The molecule has 1 amide bonds. The number of carbonyl (C=O) groups is 2. The van der Waals surface area contributed by atoms with Crippen molar-refractivity contribution in [3.05, 3.63) is 72.6 Å². The number of nitrogens with one attached hydrogen (secondary N) is 1. The molecule has 0 radical (unpaired) electrons. The molecule has 1 N–H and O–H groups in total. The Hall–Kier alpha value is -3.74. The highest BCUT2D eigenvalue weighted by Crippen LogP contribution is 2.26. The summed E-state index contributed by atoms with van der Waals surface area (Å²) in [4.78, 5) is 34.7. The minimum absolute atomic E-state index is 0.0515. The van der Waals surface area contributed by atoms with Gasteiger partial charge in [-0.3, -0.25) is 4.79 Å². The number of benzene rings is 2. The van der Waals surface area contributed by atoms with Crippen LogP contribution < -0.4 is 10.2 Å². The predicted octanol–water partition coefficient (Wildman–Crippen LogP) is 3.01. The molecule has 7 heteroatoms. The van der Waals surface area contributed by atoms with Gasteiger partial charge in [0, 0.05) is 30.4 Å². The Morgan fingerprint density at radius 2 is 1.76 bits per heavy atom. The van der Waals surface area contributed by atoms with E-state index in [0.717, 1.165) is 17.1 Å². The number of nitrogens with zero attached hydrogens (tertiary/aromatic N) is 3. The summed E-state index contributed by atoms with van der Waals surface area (Å²) in [5, 5.41) is 2.89. The van der Waals surface area contributed by atoms with Gasteiger partial charge in [-0.25, -0.2) is 14.8 Å². The molecule has 2 heterocycles. The molecule has 0 aliphatic carbocycles. The lowest BCUT2D eigenvalue weighted by atomic mass is 9.98. The summed E-state index contributed by atoms with van der Waals surface area (Å²) in [6.45, 7) is 1.19. The number of amides is 1. The molecule has 146 valence electrons. The Bertz CT molecular complexity index is 1020. The van der Waals surface area contributed by atoms with E-state index in [4.69, 9.17) is 0 Å². The van der Waals surface area contributed by atoms with E-state index in [2.05, 4.69) is 24.9 Å². The first-order valence-corrected chi connectivity index (χ1v) is 9.25. The number of hydrogen-bond donors (Lipinski definition) is 1. The van der Waals surface area contributed by atoms with Crippen molar-refractivity contribution in [2.24, 2.45) is 5.92 Å². The van der Waals surface area contributed by atoms with Crippen LogP contribution in [0, 0.1) is 5.92 Å². The summed E-state index contributed by atoms with van der Waals surface area (Å²) in [5.41, 5.74) is 2.98. The first-order chi connectivity index (χ1) is 14.1. The maximum absolute atomic E-state index is 12.5. The maximum Gasteiger partial charge on any atom is 0.337 e. The first-order valence-electron chi connectivity index (χ1n) is 9.25. The lowest BCUT2D eigenvalue weighted by molar-refractivity contribution is -0.120. The highest BCUT2D eigenvalue weighted by molar-refractivity contribution is 5.95. The van der Waals surface area contributed by atoms with Gasteiger partial charge < -0.3 is 15.0 Å². The van der Waals surface area contributed by atoms with Crippen LogP contribution in [0.25, 0.3) is 11.3 Å². The SMILES string of the molecule is COC(=O)c1ccc(NC(=O)C2CN(c3cc(-c4ccccc4)ncn3)C2)cc1. The van der Waals surface area contributed by atoms with Crippen LogP contribution in [0.3, 0.4) is 0 Å². The molecule has 0 atom stereocenters. The molecule has 0 bridgehead atoms. The molecule has 3 aromatic rings. The molecule has 1 aromatic heterocycles. The molecule has 1 fully saturated rings. The second-order valence-corrected chi connectivity index (χ2v) is 6.79. The number of rotatable bonds is 5. The van der Waals surface area contributed by atoms with Crippen LogP contribution in [-0.4, -0.2) is 42.0 Å². The van der Waals surface area contributed by atoms with Crippen molar-refractivity contribution in [1.82, 2.24) is 9.97 Å². The van der Waals surface area contributed by atoms with Crippen molar-refractivity contribution in [2.45, 2.75) is 0 Å². The van der Waals surface area contributed by atoms with Crippen molar-refractivity contribution in [1.29, 1.82) is 0 Å². The van der Waals surface area contributed by atoms with Crippen molar-refractivity contribution < 1.29 is 14.3 Å². The zero-order chi connectivity index (χ0) is 20.2. The molecular formula is C22H20N4O3. The third-order valence-corrected chi connectivity index (χ3v) is 4.87. The van der Waals surface area contributed by atoms with Crippen LogP contribution in [-0.2, 0) is 9.53 Å². The third-order valence-electron chi connectivity index (χ3n) is 4.87. The lowest BCUT2D eigenvalue weighted by Gasteiger charge is -2.39. The Morgan fingerprint density at radius 1 is 1.03 bits per heavy atom. The molecule has 1 saturated heterocycles. The highest BCUT2D eigenvalue weighted by Gasteiger charge is 2.33. The van der Waals surface area contributed by atoms with Crippen molar-refractivity contribution in [3.63, 3.8) is 0 Å². The Morgan fingerprint density at radius 3 is 2.45 bits per heavy atom. The van der Waals surface area contributed by atoms with E-state index in [1.807, 2.05) is 36.4 Å². The molecule has 2 aromatic carbocycles. The minimum Gasteiger partial charge on any atom is -0.465 e. The first kappa shape index (κ1) is 18.6. The topological polar surface area (TPSA) is 84.4 Å². The van der Waals surface area contributed by atoms with Gasteiger partial charge in [0.2, 0.25) is 5.91 Å². The third kappa shape index (κ3) is 4.08. The van der Waals surface area contributed by atoms with Crippen LogP contribution >= 0.6 is 0 Å². The van der Waals surface area contributed by atoms with Gasteiger partial charge in [-0.15, -0.1) is 0 Å². The van der Waals surface area contributed by atoms with Gasteiger partial charge in [-0.05, 0) is 24.3 Å². The Balaban J connectivity index is 1.35. The predicted molar refractivity (Wildman–Crippen MR) is 110 cm³/mol. The zero-order valence-corrected chi connectivity index (χ0v) is 15.9. The summed E-state index contributed by atoms with van der Waals surface area (Å²) < 4.78 is 4.67.